The Hall–Kier alpha value is -1.14. The first kappa shape index (κ1) is 16.9. The molecule has 0 bridgehead atoms. The summed E-state index contributed by atoms with van der Waals surface area (Å²) < 4.78 is 5.26. The van der Waals surface area contributed by atoms with Gasteiger partial charge in [-0.1, -0.05) is 0 Å². The van der Waals surface area contributed by atoms with Crippen molar-refractivity contribution in [1.29, 1.82) is 0 Å². The maximum atomic E-state index is 12.1. The number of amides is 2. The Bertz CT molecular complexity index is 333. The van der Waals surface area contributed by atoms with E-state index in [0.29, 0.717) is 13.1 Å². The molecule has 1 aliphatic heterocycles. The monoisotopic (exact) mass is 285 g/mol. The lowest BCUT2D eigenvalue weighted by molar-refractivity contribution is -0.149. The second-order valence-corrected chi connectivity index (χ2v) is 5.93. The molecule has 6 nitrogen and oxygen atoms in total. The highest BCUT2D eigenvalue weighted by atomic mass is 16.5. The number of carbonyl (C=O) groups is 2. The van der Waals surface area contributed by atoms with Crippen molar-refractivity contribution in [2.24, 2.45) is 0 Å². The topological polar surface area (TPSA) is 61.9 Å². The van der Waals surface area contributed by atoms with Crippen molar-refractivity contribution in [2.75, 3.05) is 45.9 Å². The van der Waals surface area contributed by atoms with Gasteiger partial charge in [0.1, 0.15) is 0 Å². The smallest absolute Gasteiger partial charge is 0.312 e. The second kappa shape index (κ2) is 7.59. The Morgan fingerprint density at radius 1 is 1.25 bits per heavy atom. The van der Waals surface area contributed by atoms with E-state index >= 15 is 0 Å². The fourth-order valence-electron chi connectivity index (χ4n) is 2.27. The molecule has 6 heteroatoms. The minimum Gasteiger partial charge on any atom is -0.379 e. The lowest BCUT2D eigenvalue weighted by Gasteiger charge is -2.34. The Balaban J connectivity index is 2.35. The van der Waals surface area contributed by atoms with E-state index in [-0.39, 0.29) is 5.54 Å². The van der Waals surface area contributed by atoms with Crippen LogP contribution in [0.3, 0.4) is 0 Å². The van der Waals surface area contributed by atoms with Crippen LogP contribution in [0.25, 0.3) is 0 Å². The van der Waals surface area contributed by atoms with Crippen LogP contribution in [0.4, 0.5) is 0 Å². The molecule has 20 heavy (non-hydrogen) atoms. The Labute approximate surface area is 121 Å². The largest absolute Gasteiger partial charge is 0.379 e. The van der Waals surface area contributed by atoms with Gasteiger partial charge in [-0.15, -0.1) is 0 Å². The van der Waals surface area contributed by atoms with Crippen molar-refractivity contribution in [3.8, 4) is 0 Å². The number of morpholine rings is 1. The number of hydrogen-bond donors (Lipinski definition) is 1. The molecule has 1 fully saturated rings. The Morgan fingerprint density at radius 2 is 1.85 bits per heavy atom. The van der Waals surface area contributed by atoms with Crippen LogP contribution < -0.4 is 5.32 Å². The number of rotatable bonds is 4. The Morgan fingerprint density at radius 3 is 2.35 bits per heavy atom. The van der Waals surface area contributed by atoms with E-state index in [1.54, 1.807) is 4.90 Å². The first-order valence-corrected chi connectivity index (χ1v) is 7.26. The summed E-state index contributed by atoms with van der Waals surface area (Å²) in [6, 6.07) is 0. The second-order valence-electron chi connectivity index (χ2n) is 5.93. The lowest BCUT2D eigenvalue weighted by Crippen LogP contribution is -2.52. The molecule has 0 spiro atoms. The van der Waals surface area contributed by atoms with Gasteiger partial charge >= 0.3 is 11.8 Å². The third-order valence-corrected chi connectivity index (χ3v) is 3.38. The lowest BCUT2D eigenvalue weighted by atomic mass is 10.1. The molecule has 116 valence electrons. The first-order valence-electron chi connectivity index (χ1n) is 7.26. The molecule has 0 atom stereocenters. The van der Waals surface area contributed by atoms with Crippen LogP contribution in [0, 0.1) is 0 Å². The van der Waals surface area contributed by atoms with Crippen molar-refractivity contribution in [3.05, 3.63) is 0 Å². The third-order valence-electron chi connectivity index (χ3n) is 3.38. The standard InChI is InChI=1S/C14H27N3O3/c1-5-17(14(2,3)4)13(19)12(18)15-6-7-16-8-10-20-11-9-16/h5-11H2,1-4H3,(H,15,18). The molecular formula is C14H27N3O3. The number of nitrogens with one attached hydrogen (secondary N) is 1. The van der Waals surface area contributed by atoms with E-state index in [9.17, 15) is 9.59 Å². The molecular weight excluding hydrogens is 258 g/mol. The zero-order valence-corrected chi connectivity index (χ0v) is 13.1. The zero-order chi connectivity index (χ0) is 15.2. The van der Waals surface area contributed by atoms with Gasteiger partial charge in [0.05, 0.1) is 13.2 Å². The number of likely N-dealkylation sites (N-methyl/N-ethyl adjacent to an activating group) is 1. The summed E-state index contributed by atoms with van der Waals surface area (Å²) in [6.07, 6.45) is 0. The van der Waals surface area contributed by atoms with E-state index in [1.165, 1.54) is 0 Å². The fraction of sp³-hybridized carbons (Fsp3) is 0.857. The predicted octanol–water partition coefficient (Wildman–Crippen LogP) is 0.0818. The van der Waals surface area contributed by atoms with Crippen LogP contribution in [-0.2, 0) is 14.3 Å². The van der Waals surface area contributed by atoms with Gasteiger partial charge in [0.25, 0.3) is 0 Å². The quantitative estimate of drug-likeness (QED) is 0.743. The summed E-state index contributed by atoms with van der Waals surface area (Å²) in [7, 11) is 0. The molecule has 1 N–H and O–H groups in total. The Kier molecular flexibility index (Phi) is 6.42. The van der Waals surface area contributed by atoms with Crippen LogP contribution in [0.2, 0.25) is 0 Å². The van der Waals surface area contributed by atoms with Gasteiger partial charge in [0.15, 0.2) is 0 Å². The average Bonchev–Trinajstić information content (AvgIpc) is 2.38. The summed E-state index contributed by atoms with van der Waals surface area (Å²) in [4.78, 5) is 27.8. The molecule has 1 rings (SSSR count). The SMILES string of the molecule is CCN(C(=O)C(=O)NCCN1CCOCC1)C(C)(C)C. The van der Waals surface area contributed by atoms with Gasteiger partial charge in [-0.2, -0.15) is 0 Å². The van der Waals surface area contributed by atoms with Crippen LogP contribution >= 0.6 is 0 Å². The average molecular weight is 285 g/mol. The van der Waals surface area contributed by atoms with Crippen molar-refractivity contribution >= 4 is 11.8 Å². The molecule has 1 heterocycles. The number of ether oxygens (including phenoxy) is 1. The molecule has 1 saturated heterocycles. The van der Waals surface area contributed by atoms with E-state index in [2.05, 4.69) is 10.2 Å². The van der Waals surface area contributed by atoms with Crippen LogP contribution in [0.15, 0.2) is 0 Å². The van der Waals surface area contributed by atoms with Gasteiger partial charge in [-0.3, -0.25) is 14.5 Å². The highest BCUT2D eigenvalue weighted by Gasteiger charge is 2.29. The van der Waals surface area contributed by atoms with Crippen LogP contribution in [0.1, 0.15) is 27.7 Å². The van der Waals surface area contributed by atoms with E-state index in [0.717, 1.165) is 32.8 Å². The zero-order valence-electron chi connectivity index (χ0n) is 13.1. The van der Waals surface area contributed by atoms with Gasteiger partial charge in [-0.05, 0) is 27.7 Å². The predicted molar refractivity (Wildman–Crippen MR) is 77.4 cm³/mol. The number of hydrogen-bond acceptors (Lipinski definition) is 4. The molecule has 0 aliphatic carbocycles. The molecule has 0 aromatic heterocycles. The molecule has 2 amide bonds. The van der Waals surface area contributed by atoms with E-state index in [1.807, 2.05) is 27.7 Å². The molecule has 0 aromatic rings. The first-order chi connectivity index (χ1) is 9.36. The summed E-state index contributed by atoms with van der Waals surface area (Å²) >= 11 is 0. The summed E-state index contributed by atoms with van der Waals surface area (Å²) in [6.45, 7) is 12.7. The molecule has 0 radical (unpaired) electrons. The van der Waals surface area contributed by atoms with Gasteiger partial charge in [0.2, 0.25) is 0 Å². The van der Waals surface area contributed by atoms with Crippen molar-refractivity contribution in [2.45, 2.75) is 33.2 Å². The minimum atomic E-state index is -0.518. The van der Waals surface area contributed by atoms with Crippen molar-refractivity contribution < 1.29 is 14.3 Å². The maximum absolute atomic E-state index is 12.1. The summed E-state index contributed by atoms with van der Waals surface area (Å²) in [5.41, 5.74) is -0.340. The minimum absolute atomic E-state index is 0.340. The molecule has 0 aromatic carbocycles. The maximum Gasteiger partial charge on any atom is 0.312 e. The van der Waals surface area contributed by atoms with Crippen molar-refractivity contribution in [3.63, 3.8) is 0 Å². The van der Waals surface area contributed by atoms with E-state index in [4.69, 9.17) is 4.74 Å². The van der Waals surface area contributed by atoms with Gasteiger partial charge in [0, 0.05) is 38.3 Å². The molecule has 0 unspecified atom stereocenters. The van der Waals surface area contributed by atoms with Crippen LogP contribution in [-0.4, -0.2) is 73.1 Å². The molecule has 0 saturated carbocycles. The summed E-state index contributed by atoms with van der Waals surface area (Å²) in [5.74, 6) is -0.975. The fourth-order valence-corrected chi connectivity index (χ4v) is 2.27. The highest BCUT2D eigenvalue weighted by Crippen LogP contribution is 2.12. The summed E-state index contributed by atoms with van der Waals surface area (Å²) in [5, 5.41) is 2.70. The van der Waals surface area contributed by atoms with Gasteiger partial charge < -0.3 is 15.0 Å². The van der Waals surface area contributed by atoms with Crippen LogP contribution in [0.5, 0.6) is 0 Å². The van der Waals surface area contributed by atoms with Crippen molar-refractivity contribution in [1.82, 2.24) is 15.1 Å². The highest BCUT2D eigenvalue weighted by molar-refractivity contribution is 6.35. The van der Waals surface area contributed by atoms with Gasteiger partial charge in [-0.25, -0.2) is 0 Å². The number of nitrogens with zero attached hydrogens (tertiary/aromatic N) is 2. The third kappa shape index (κ3) is 5.09. The molecule has 1 aliphatic rings. The normalized spacial score (nSPS) is 16.8. The number of carbonyl (C=O) groups excluding carboxylic acids is 2. The van der Waals surface area contributed by atoms with E-state index < -0.39 is 11.8 Å².